The van der Waals surface area contributed by atoms with Crippen molar-refractivity contribution in [3.8, 4) is 0 Å². The minimum Gasteiger partial charge on any atom is -0.459 e. The number of nitrogens with zero attached hydrogens (tertiary/aromatic N) is 3. The highest BCUT2D eigenvalue weighted by Gasteiger charge is 2.13. The average molecular weight is 300 g/mol. The van der Waals surface area contributed by atoms with Crippen LogP contribution >= 0.6 is 0 Å². The van der Waals surface area contributed by atoms with Gasteiger partial charge in [0, 0.05) is 14.1 Å². The standard InChI is InChI=1S/C14H12N4O4/c1-17-11-9(13(20)18(2)14(17)21)6-8(7-15-11)16-12(19)10-4-3-5-22-10/h3-7H,1-2H3,(H,16,19). The van der Waals surface area contributed by atoms with Crippen LogP contribution < -0.4 is 16.6 Å². The summed E-state index contributed by atoms with van der Waals surface area (Å²) in [6, 6.07) is 4.59. The molecule has 0 bridgehead atoms. The lowest BCUT2D eigenvalue weighted by atomic mass is 10.3. The number of anilines is 1. The van der Waals surface area contributed by atoms with Gasteiger partial charge in [0.15, 0.2) is 5.76 Å². The summed E-state index contributed by atoms with van der Waals surface area (Å²) in [6.45, 7) is 0. The Kier molecular flexibility index (Phi) is 3.13. The molecule has 8 nitrogen and oxygen atoms in total. The maximum atomic E-state index is 12.1. The van der Waals surface area contributed by atoms with E-state index in [4.69, 9.17) is 4.42 Å². The number of carbonyl (C=O) groups excluding carboxylic acids is 1. The molecule has 0 atom stereocenters. The van der Waals surface area contributed by atoms with E-state index in [0.717, 1.165) is 4.57 Å². The normalized spacial score (nSPS) is 10.8. The largest absolute Gasteiger partial charge is 0.459 e. The van der Waals surface area contributed by atoms with E-state index in [-0.39, 0.29) is 16.8 Å². The molecule has 1 N–H and O–H groups in total. The number of aromatic nitrogens is 3. The van der Waals surface area contributed by atoms with Crippen molar-refractivity contribution >= 4 is 22.6 Å². The second-order valence-corrected chi connectivity index (χ2v) is 4.73. The van der Waals surface area contributed by atoms with E-state index in [2.05, 4.69) is 10.3 Å². The van der Waals surface area contributed by atoms with Crippen LogP contribution in [0.5, 0.6) is 0 Å². The molecule has 0 radical (unpaired) electrons. The van der Waals surface area contributed by atoms with Gasteiger partial charge in [0.1, 0.15) is 5.65 Å². The molecule has 8 heteroatoms. The van der Waals surface area contributed by atoms with Gasteiger partial charge in [0.2, 0.25) is 0 Å². The number of pyridine rings is 1. The topological polar surface area (TPSA) is 99.1 Å². The molecule has 0 saturated heterocycles. The van der Waals surface area contributed by atoms with Gasteiger partial charge >= 0.3 is 5.69 Å². The van der Waals surface area contributed by atoms with Gasteiger partial charge in [0.05, 0.1) is 23.5 Å². The van der Waals surface area contributed by atoms with Crippen LogP contribution in [0.4, 0.5) is 5.69 Å². The van der Waals surface area contributed by atoms with Gasteiger partial charge < -0.3 is 9.73 Å². The van der Waals surface area contributed by atoms with Crippen LogP contribution in [0, 0.1) is 0 Å². The van der Waals surface area contributed by atoms with E-state index in [1.54, 1.807) is 6.07 Å². The zero-order valence-electron chi connectivity index (χ0n) is 11.9. The Labute approximate surface area is 123 Å². The molecule has 0 fully saturated rings. The molecule has 0 saturated carbocycles. The minimum absolute atomic E-state index is 0.147. The molecule has 0 aromatic carbocycles. The third-order valence-corrected chi connectivity index (χ3v) is 3.30. The lowest BCUT2D eigenvalue weighted by Gasteiger charge is -2.08. The molecule has 22 heavy (non-hydrogen) atoms. The molecular formula is C14H12N4O4. The molecule has 0 aliphatic heterocycles. The second-order valence-electron chi connectivity index (χ2n) is 4.73. The third-order valence-electron chi connectivity index (χ3n) is 3.30. The van der Waals surface area contributed by atoms with Gasteiger partial charge in [-0.3, -0.25) is 18.7 Å². The van der Waals surface area contributed by atoms with Gasteiger partial charge in [-0.2, -0.15) is 0 Å². The number of carbonyl (C=O) groups is 1. The van der Waals surface area contributed by atoms with Crippen molar-refractivity contribution in [1.82, 2.24) is 14.1 Å². The summed E-state index contributed by atoms with van der Waals surface area (Å²) in [5.74, 6) is -0.304. The molecule has 0 unspecified atom stereocenters. The summed E-state index contributed by atoms with van der Waals surface area (Å²) < 4.78 is 7.25. The zero-order valence-corrected chi connectivity index (χ0v) is 11.9. The zero-order chi connectivity index (χ0) is 15.9. The van der Waals surface area contributed by atoms with E-state index < -0.39 is 17.2 Å². The number of fused-ring (bicyclic) bond motifs is 1. The van der Waals surface area contributed by atoms with E-state index in [0.29, 0.717) is 5.69 Å². The Morgan fingerprint density at radius 2 is 2.05 bits per heavy atom. The molecular weight excluding hydrogens is 288 g/mol. The number of hydrogen-bond acceptors (Lipinski definition) is 5. The molecule has 112 valence electrons. The molecule has 3 aromatic heterocycles. The van der Waals surface area contributed by atoms with Crippen LogP contribution in [0.1, 0.15) is 10.6 Å². The van der Waals surface area contributed by atoms with Crippen LogP contribution in [0.3, 0.4) is 0 Å². The van der Waals surface area contributed by atoms with Gasteiger partial charge in [-0.25, -0.2) is 9.78 Å². The monoisotopic (exact) mass is 300 g/mol. The highest BCUT2D eigenvalue weighted by molar-refractivity contribution is 6.02. The number of hydrogen-bond donors (Lipinski definition) is 1. The number of furan rings is 1. The van der Waals surface area contributed by atoms with Gasteiger partial charge in [-0.1, -0.05) is 0 Å². The molecule has 3 aromatic rings. The summed E-state index contributed by atoms with van der Waals surface area (Å²) in [5, 5.41) is 2.82. The van der Waals surface area contributed by atoms with E-state index in [1.165, 1.54) is 43.3 Å². The van der Waals surface area contributed by atoms with Crippen LogP contribution in [0.15, 0.2) is 44.7 Å². The summed E-state index contributed by atoms with van der Waals surface area (Å²) in [4.78, 5) is 40.0. The lowest BCUT2D eigenvalue weighted by Crippen LogP contribution is -2.37. The molecule has 0 spiro atoms. The first-order valence-corrected chi connectivity index (χ1v) is 6.39. The highest BCUT2D eigenvalue weighted by Crippen LogP contribution is 2.13. The van der Waals surface area contributed by atoms with Crippen molar-refractivity contribution in [2.24, 2.45) is 14.1 Å². The minimum atomic E-state index is -0.473. The smallest absolute Gasteiger partial charge is 0.332 e. The molecule has 0 aliphatic rings. The third kappa shape index (κ3) is 2.10. The van der Waals surface area contributed by atoms with Crippen LogP contribution in [-0.4, -0.2) is 20.0 Å². The molecule has 1 amide bonds. The van der Waals surface area contributed by atoms with Gasteiger partial charge in [0.25, 0.3) is 11.5 Å². The summed E-state index contributed by atoms with van der Waals surface area (Å²) >= 11 is 0. The second kappa shape index (κ2) is 4.99. The molecule has 3 rings (SSSR count). The Morgan fingerprint density at radius 3 is 2.73 bits per heavy atom. The first-order chi connectivity index (χ1) is 10.5. The predicted molar refractivity (Wildman–Crippen MR) is 78.9 cm³/mol. The first kappa shape index (κ1) is 13.8. The number of rotatable bonds is 2. The van der Waals surface area contributed by atoms with Gasteiger partial charge in [-0.15, -0.1) is 0 Å². The Bertz CT molecular complexity index is 982. The maximum absolute atomic E-state index is 12.1. The fourth-order valence-electron chi connectivity index (χ4n) is 2.13. The molecule has 0 aliphatic carbocycles. The van der Waals surface area contributed by atoms with Crippen molar-refractivity contribution < 1.29 is 9.21 Å². The number of aryl methyl sites for hydroxylation is 1. The van der Waals surface area contributed by atoms with Crippen LogP contribution in [0.2, 0.25) is 0 Å². The Hall–Kier alpha value is -3.16. The predicted octanol–water partition coefficient (Wildman–Crippen LogP) is 0.477. The van der Waals surface area contributed by atoms with E-state index in [9.17, 15) is 14.4 Å². The maximum Gasteiger partial charge on any atom is 0.332 e. The van der Waals surface area contributed by atoms with Gasteiger partial charge in [-0.05, 0) is 18.2 Å². The Morgan fingerprint density at radius 1 is 1.27 bits per heavy atom. The number of amides is 1. The first-order valence-electron chi connectivity index (χ1n) is 6.39. The fraction of sp³-hybridized carbons (Fsp3) is 0.143. The van der Waals surface area contributed by atoms with Crippen LogP contribution in [0.25, 0.3) is 11.0 Å². The van der Waals surface area contributed by atoms with Crippen LogP contribution in [-0.2, 0) is 14.1 Å². The Balaban J connectivity index is 2.09. The van der Waals surface area contributed by atoms with E-state index >= 15 is 0 Å². The fourth-order valence-corrected chi connectivity index (χ4v) is 2.13. The van der Waals surface area contributed by atoms with Crippen molar-refractivity contribution in [2.45, 2.75) is 0 Å². The van der Waals surface area contributed by atoms with Crippen molar-refractivity contribution in [3.63, 3.8) is 0 Å². The number of nitrogens with one attached hydrogen (secondary N) is 1. The highest BCUT2D eigenvalue weighted by atomic mass is 16.3. The SMILES string of the molecule is Cn1c(=O)c2cc(NC(=O)c3ccco3)cnc2n(C)c1=O. The average Bonchev–Trinajstić information content (AvgIpc) is 3.05. The van der Waals surface area contributed by atoms with Crippen molar-refractivity contribution in [2.75, 3.05) is 5.32 Å². The summed E-state index contributed by atoms with van der Waals surface area (Å²) in [5.41, 5.74) is -0.342. The summed E-state index contributed by atoms with van der Waals surface area (Å²) in [6.07, 6.45) is 2.77. The van der Waals surface area contributed by atoms with Crippen molar-refractivity contribution in [1.29, 1.82) is 0 Å². The van der Waals surface area contributed by atoms with Crippen molar-refractivity contribution in [3.05, 3.63) is 57.3 Å². The lowest BCUT2D eigenvalue weighted by molar-refractivity contribution is 0.0996. The summed E-state index contributed by atoms with van der Waals surface area (Å²) in [7, 11) is 2.91. The molecule has 3 heterocycles. The quantitative estimate of drug-likeness (QED) is 0.742. The van der Waals surface area contributed by atoms with E-state index in [1.807, 2.05) is 0 Å².